The summed E-state index contributed by atoms with van der Waals surface area (Å²) >= 11 is 0. The Bertz CT molecular complexity index is 873. The average molecular weight is 317 g/mol. The van der Waals surface area contributed by atoms with Crippen molar-refractivity contribution in [2.24, 2.45) is 5.16 Å². The van der Waals surface area contributed by atoms with E-state index >= 15 is 0 Å². The Labute approximate surface area is 141 Å². The first kappa shape index (κ1) is 14.9. The molecule has 3 aromatic rings. The van der Waals surface area contributed by atoms with E-state index in [0.29, 0.717) is 6.42 Å². The second-order valence-electron chi connectivity index (χ2n) is 6.03. The van der Waals surface area contributed by atoms with Crippen molar-refractivity contribution < 1.29 is 9.57 Å². The molecule has 0 aliphatic carbocycles. The minimum atomic E-state index is -0.332. The normalized spacial score (nSPS) is 18.2. The predicted molar refractivity (Wildman–Crippen MR) is 95.9 cm³/mol. The van der Waals surface area contributed by atoms with Gasteiger partial charge in [-0.25, -0.2) is 0 Å². The predicted octanol–water partition coefficient (Wildman–Crippen LogP) is 5.07. The van der Waals surface area contributed by atoms with Gasteiger partial charge >= 0.3 is 0 Å². The summed E-state index contributed by atoms with van der Waals surface area (Å²) in [7, 11) is 0. The average Bonchev–Trinajstić information content (AvgIpc) is 3.10. The maximum atomic E-state index is 6.06. The van der Waals surface area contributed by atoms with Gasteiger partial charge in [-0.05, 0) is 34.9 Å². The summed E-state index contributed by atoms with van der Waals surface area (Å²) in [6, 6.07) is 24.8. The lowest BCUT2D eigenvalue weighted by Gasteiger charge is -2.17. The maximum absolute atomic E-state index is 6.06. The first-order valence-electron chi connectivity index (χ1n) is 8.22. The fraction of sp³-hybridized carbons (Fsp3) is 0.190. The van der Waals surface area contributed by atoms with Gasteiger partial charge in [0, 0.05) is 0 Å². The SMILES string of the molecule is C[C@H](O[C@@H]1CC(c2ccccc2)=NO1)c1ccc2ccccc2c1. The fourth-order valence-corrected chi connectivity index (χ4v) is 3.00. The minimum absolute atomic E-state index is 0.0510. The van der Waals surface area contributed by atoms with Crippen molar-refractivity contribution in [3.63, 3.8) is 0 Å². The summed E-state index contributed by atoms with van der Waals surface area (Å²) < 4.78 is 6.06. The van der Waals surface area contributed by atoms with E-state index in [4.69, 9.17) is 9.57 Å². The third-order valence-electron chi connectivity index (χ3n) is 4.35. The summed E-state index contributed by atoms with van der Waals surface area (Å²) in [6.07, 6.45) is 0.286. The van der Waals surface area contributed by atoms with Gasteiger partial charge in [0.05, 0.1) is 18.2 Å². The smallest absolute Gasteiger partial charge is 0.233 e. The number of hydrogen-bond donors (Lipinski definition) is 0. The molecule has 1 aliphatic rings. The number of hydrogen-bond acceptors (Lipinski definition) is 3. The molecule has 0 spiro atoms. The molecule has 0 radical (unpaired) electrons. The molecular formula is C21H19NO2. The van der Waals surface area contributed by atoms with Crippen LogP contribution in [-0.4, -0.2) is 12.0 Å². The lowest BCUT2D eigenvalue weighted by molar-refractivity contribution is -0.152. The molecule has 0 fully saturated rings. The summed E-state index contributed by atoms with van der Waals surface area (Å²) in [5.41, 5.74) is 3.17. The Kier molecular flexibility index (Phi) is 4.01. The van der Waals surface area contributed by atoms with Crippen molar-refractivity contribution in [3.05, 3.63) is 83.9 Å². The molecular weight excluding hydrogens is 298 g/mol. The monoisotopic (exact) mass is 317 g/mol. The van der Waals surface area contributed by atoms with Gasteiger partial charge in [-0.3, -0.25) is 0 Å². The molecule has 3 heteroatoms. The van der Waals surface area contributed by atoms with E-state index in [1.165, 1.54) is 10.8 Å². The highest BCUT2D eigenvalue weighted by molar-refractivity contribution is 6.01. The molecule has 2 atom stereocenters. The molecule has 0 saturated heterocycles. The molecule has 4 rings (SSSR count). The number of oxime groups is 1. The molecule has 0 unspecified atom stereocenters. The van der Waals surface area contributed by atoms with Crippen LogP contribution in [-0.2, 0) is 9.57 Å². The molecule has 0 N–H and O–H groups in total. The van der Waals surface area contributed by atoms with Gasteiger partial charge in [0.25, 0.3) is 0 Å². The number of benzene rings is 3. The van der Waals surface area contributed by atoms with E-state index in [0.717, 1.165) is 16.8 Å². The number of rotatable bonds is 4. The zero-order valence-electron chi connectivity index (χ0n) is 13.6. The highest BCUT2D eigenvalue weighted by Gasteiger charge is 2.25. The molecule has 0 amide bonds. The second kappa shape index (κ2) is 6.46. The van der Waals surface area contributed by atoms with Gasteiger partial charge in [-0.15, -0.1) is 0 Å². The first-order chi connectivity index (χ1) is 11.8. The van der Waals surface area contributed by atoms with Crippen molar-refractivity contribution in [2.75, 3.05) is 0 Å². The van der Waals surface area contributed by atoms with Gasteiger partial charge in [0.2, 0.25) is 6.29 Å². The van der Waals surface area contributed by atoms with Crippen molar-refractivity contribution in [2.45, 2.75) is 25.7 Å². The highest BCUT2D eigenvalue weighted by Crippen LogP contribution is 2.27. The van der Waals surface area contributed by atoms with Crippen LogP contribution in [0.25, 0.3) is 10.8 Å². The van der Waals surface area contributed by atoms with Crippen LogP contribution in [0.4, 0.5) is 0 Å². The van der Waals surface area contributed by atoms with Crippen LogP contribution in [0.3, 0.4) is 0 Å². The Balaban J connectivity index is 1.44. The standard InChI is InChI=1S/C21H19NO2/c1-15(18-12-11-16-7-5-6-10-19(16)13-18)23-21-14-20(22-24-21)17-8-3-2-4-9-17/h2-13,15,21H,14H2,1H3/t15-,21-/m0/s1. The third-order valence-corrected chi connectivity index (χ3v) is 4.35. The second-order valence-corrected chi connectivity index (χ2v) is 6.03. The van der Waals surface area contributed by atoms with Crippen molar-refractivity contribution >= 4 is 16.5 Å². The van der Waals surface area contributed by atoms with Gasteiger partial charge in [-0.1, -0.05) is 71.9 Å². The van der Waals surface area contributed by atoms with Crippen LogP contribution in [0.1, 0.15) is 30.6 Å². The van der Waals surface area contributed by atoms with Crippen molar-refractivity contribution in [1.82, 2.24) is 0 Å². The topological polar surface area (TPSA) is 30.8 Å². The molecule has 24 heavy (non-hydrogen) atoms. The summed E-state index contributed by atoms with van der Waals surface area (Å²) in [6.45, 7) is 2.05. The van der Waals surface area contributed by atoms with Crippen LogP contribution < -0.4 is 0 Å². The number of nitrogens with zero attached hydrogens (tertiary/aromatic N) is 1. The van der Waals surface area contributed by atoms with Crippen LogP contribution in [0.2, 0.25) is 0 Å². The lowest BCUT2D eigenvalue weighted by atomic mass is 10.0. The Morgan fingerprint density at radius 3 is 2.54 bits per heavy atom. The lowest BCUT2D eigenvalue weighted by Crippen LogP contribution is -2.15. The quantitative estimate of drug-likeness (QED) is 0.673. The van der Waals surface area contributed by atoms with Gasteiger partial charge in [0.15, 0.2) is 0 Å². The van der Waals surface area contributed by atoms with E-state index < -0.39 is 0 Å². The summed E-state index contributed by atoms with van der Waals surface area (Å²) in [5.74, 6) is 0. The third kappa shape index (κ3) is 3.03. The van der Waals surface area contributed by atoms with Crippen LogP contribution in [0.15, 0.2) is 78.0 Å². The first-order valence-corrected chi connectivity index (χ1v) is 8.22. The van der Waals surface area contributed by atoms with E-state index in [9.17, 15) is 0 Å². The van der Waals surface area contributed by atoms with E-state index in [-0.39, 0.29) is 12.4 Å². The molecule has 3 nitrogen and oxygen atoms in total. The fourth-order valence-electron chi connectivity index (χ4n) is 3.00. The zero-order valence-corrected chi connectivity index (χ0v) is 13.6. The minimum Gasteiger partial charge on any atom is -0.363 e. The molecule has 3 aromatic carbocycles. The van der Waals surface area contributed by atoms with Gasteiger partial charge in [0.1, 0.15) is 0 Å². The molecule has 0 bridgehead atoms. The summed E-state index contributed by atoms with van der Waals surface area (Å²) in [5, 5.41) is 6.63. The Hall–Kier alpha value is -2.65. The number of ether oxygens (including phenoxy) is 1. The highest BCUT2D eigenvalue weighted by atomic mass is 16.8. The Morgan fingerprint density at radius 2 is 1.71 bits per heavy atom. The van der Waals surface area contributed by atoms with Crippen LogP contribution >= 0.6 is 0 Å². The van der Waals surface area contributed by atoms with Crippen molar-refractivity contribution in [1.29, 1.82) is 0 Å². The van der Waals surface area contributed by atoms with E-state index in [1.807, 2.05) is 37.3 Å². The molecule has 0 aromatic heterocycles. The van der Waals surface area contributed by atoms with Gasteiger partial charge < -0.3 is 9.57 Å². The zero-order chi connectivity index (χ0) is 16.4. The van der Waals surface area contributed by atoms with Crippen LogP contribution in [0.5, 0.6) is 0 Å². The number of fused-ring (bicyclic) bond motifs is 1. The molecule has 0 saturated carbocycles. The Morgan fingerprint density at radius 1 is 0.958 bits per heavy atom. The van der Waals surface area contributed by atoms with E-state index in [1.54, 1.807) is 0 Å². The molecule has 120 valence electrons. The van der Waals surface area contributed by atoms with Crippen molar-refractivity contribution in [3.8, 4) is 0 Å². The van der Waals surface area contributed by atoms with Crippen LogP contribution in [0, 0.1) is 0 Å². The maximum Gasteiger partial charge on any atom is 0.233 e. The summed E-state index contributed by atoms with van der Waals surface area (Å²) in [4.78, 5) is 5.47. The van der Waals surface area contributed by atoms with E-state index in [2.05, 4.69) is 47.6 Å². The largest absolute Gasteiger partial charge is 0.363 e. The van der Waals surface area contributed by atoms with Gasteiger partial charge in [-0.2, -0.15) is 0 Å². The molecule has 1 heterocycles. The molecule has 1 aliphatic heterocycles.